The number of anilines is 1. The summed E-state index contributed by atoms with van der Waals surface area (Å²) in [6.07, 6.45) is 11.2. The van der Waals surface area contributed by atoms with Crippen molar-refractivity contribution in [2.24, 2.45) is 11.8 Å². The molecule has 4 aliphatic rings. The average molecular weight is 404 g/mol. The Labute approximate surface area is 175 Å². The van der Waals surface area contributed by atoms with Crippen molar-refractivity contribution in [2.75, 3.05) is 11.4 Å². The molecule has 0 saturated carbocycles. The summed E-state index contributed by atoms with van der Waals surface area (Å²) in [7, 11) is 0. The Kier molecular flexibility index (Phi) is 3.73. The Morgan fingerprint density at radius 2 is 1.69 bits per heavy atom. The van der Waals surface area contributed by atoms with Crippen molar-refractivity contribution in [2.45, 2.75) is 30.7 Å². The third kappa shape index (κ3) is 2.47. The smallest absolute Gasteiger partial charge is 0.335 e. The fraction of sp³-hybridized carbons (Fsp3) is 0.320. The summed E-state index contributed by atoms with van der Waals surface area (Å²) in [5.41, 5.74) is 5.39. The van der Waals surface area contributed by atoms with Crippen LogP contribution in [0.5, 0.6) is 0 Å². The highest BCUT2D eigenvalue weighted by molar-refractivity contribution is 6.30. The molecule has 2 heterocycles. The molecule has 6 rings (SSSR count). The fourth-order valence-electron chi connectivity index (χ4n) is 6.14. The Morgan fingerprint density at radius 3 is 2.45 bits per heavy atom. The van der Waals surface area contributed by atoms with E-state index in [0.717, 1.165) is 24.4 Å². The second-order valence-electron chi connectivity index (χ2n) is 8.76. The Morgan fingerprint density at radius 1 is 1.00 bits per heavy atom. The van der Waals surface area contributed by atoms with Crippen molar-refractivity contribution in [3.05, 3.63) is 88.0 Å². The summed E-state index contributed by atoms with van der Waals surface area (Å²) in [6, 6.07) is 12.5. The van der Waals surface area contributed by atoms with E-state index in [9.17, 15) is 9.90 Å². The molecule has 0 bridgehead atoms. The van der Waals surface area contributed by atoms with Crippen LogP contribution in [0.15, 0.2) is 60.7 Å². The van der Waals surface area contributed by atoms with E-state index in [-0.39, 0.29) is 12.0 Å². The van der Waals surface area contributed by atoms with Gasteiger partial charge in [0.15, 0.2) is 0 Å². The van der Waals surface area contributed by atoms with Gasteiger partial charge in [-0.25, -0.2) is 4.79 Å². The van der Waals surface area contributed by atoms with E-state index in [1.165, 1.54) is 22.4 Å². The third-order valence-electron chi connectivity index (χ3n) is 7.31. The zero-order valence-electron chi connectivity index (χ0n) is 16.0. The van der Waals surface area contributed by atoms with Gasteiger partial charge in [-0.1, -0.05) is 48.0 Å². The average Bonchev–Trinajstić information content (AvgIpc) is 3.38. The van der Waals surface area contributed by atoms with Gasteiger partial charge in [0, 0.05) is 29.1 Å². The highest BCUT2D eigenvalue weighted by atomic mass is 35.5. The van der Waals surface area contributed by atoms with Crippen LogP contribution in [0, 0.1) is 11.8 Å². The molecule has 0 unspecified atom stereocenters. The van der Waals surface area contributed by atoms with E-state index in [2.05, 4.69) is 41.3 Å². The number of aromatic carboxylic acids is 1. The topological polar surface area (TPSA) is 40.5 Å². The first-order valence-electron chi connectivity index (χ1n) is 10.4. The monoisotopic (exact) mass is 403 g/mol. The van der Waals surface area contributed by atoms with E-state index in [0.29, 0.717) is 23.3 Å². The number of carboxylic acid groups (broad SMARTS) is 1. The second kappa shape index (κ2) is 6.24. The number of halogens is 1. The molecule has 2 aliphatic carbocycles. The van der Waals surface area contributed by atoms with Gasteiger partial charge in [0.2, 0.25) is 0 Å². The summed E-state index contributed by atoms with van der Waals surface area (Å²) in [4.78, 5) is 14.5. The maximum Gasteiger partial charge on any atom is 0.335 e. The molecule has 0 aromatic heterocycles. The molecule has 2 aliphatic heterocycles. The lowest BCUT2D eigenvalue weighted by molar-refractivity contribution is 0.0696. The van der Waals surface area contributed by atoms with Gasteiger partial charge in [0.1, 0.15) is 0 Å². The Balaban J connectivity index is 1.59. The second-order valence-corrected chi connectivity index (χ2v) is 9.20. The quantitative estimate of drug-likeness (QED) is 0.631. The summed E-state index contributed by atoms with van der Waals surface area (Å²) in [5, 5.41) is 10.5. The number of hydrogen-bond acceptors (Lipinski definition) is 2. The van der Waals surface area contributed by atoms with E-state index < -0.39 is 5.97 Å². The van der Waals surface area contributed by atoms with Crippen LogP contribution in [0.3, 0.4) is 0 Å². The third-order valence-corrected chi connectivity index (χ3v) is 7.56. The molecule has 3 nitrogen and oxygen atoms in total. The van der Waals surface area contributed by atoms with Crippen molar-refractivity contribution in [3.8, 4) is 0 Å². The highest BCUT2D eigenvalue weighted by Crippen LogP contribution is 2.58. The lowest BCUT2D eigenvalue weighted by Gasteiger charge is -2.51. The van der Waals surface area contributed by atoms with Crippen LogP contribution >= 0.6 is 11.6 Å². The molecular formula is C25H22ClNO2. The lowest BCUT2D eigenvalue weighted by atomic mass is 9.70. The summed E-state index contributed by atoms with van der Waals surface area (Å²) in [6.45, 7) is 1.01. The number of benzene rings is 2. The predicted octanol–water partition coefficient (Wildman–Crippen LogP) is 5.93. The maximum atomic E-state index is 11.9. The summed E-state index contributed by atoms with van der Waals surface area (Å²) >= 11 is 6.18. The molecule has 2 aromatic rings. The van der Waals surface area contributed by atoms with Crippen LogP contribution in [0.1, 0.15) is 57.8 Å². The number of allylic oxidation sites excluding steroid dienone is 4. The van der Waals surface area contributed by atoms with Crippen molar-refractivity contribution in [1.82, 2.24) is 0 Å². The van der Waals surface area contributed by atoms with Crippen LogP contribution in [-0.4, -0.2) is 17.6 Å². The molecule has 2 aromatic carbocycles. The van der Waals surface area contributed by atoms with Gasteiger partial charge in [0.25, 0.3) is 0 Å². The van der Waals surface area contributed by atoms with E-state index in [4.69, 9.17) is 11.6 Å². The number of nitrogens with zero attached hydrogens (tertiary/aromatic N) is 1. The Hall–Kier alpha value is -2.52. The molecule has 4 heteroatoms. The van der Waals surface area contributed by atoms with E-state index in [1.54, 1.807) is 0 Å². The van der Waals surface area contributed by atoms with Crippen LogP contribution in [0.4, 0.5) is 5.69 Å². The van der Waals surface area contributed by atoms with Crippen LogP contribution in [-0.2, 0) is 0 Å². The van der Waals surface area contributed by atoms with E-state index >= 15 is 0 Å². The van der Waals surface area contributed by atoms with Gasteiger partial charge in [-0.2, -0.15) is 0 Å². The molecule has 0 radical (unpaired) electrons. The molecule has 29 heavy (non-hydrogen) atoms. The van der Waals surface area contributed by atoms with Gasteiger partial charge in [-0.05, 0) is 65.6 Å². The molecule has 5 atom stereocenters. The molecule has 1 N–H and O–H groups in total. The van der Waals surface area contributed by atoms with Gasteiger partial charge < -0.3 is 10.0 Å². The highest BCUT2D eigenvalue weighted by Gasteiger charge is 2.48. The van der Waals surface area contributed by atoms with Crippen molar-refractivity contribution in [1.29, 1.82) is 0 Å². The number of carbonyl (C=O) groups is 1. The zero-order valence-corrected chi connectivity index (χ0v) is 16.7. The summed E-state index contributed by atoms with van der Waals surface area (Å²) in [5.74, 6) is 0.693. The molecular weight excluding hydrogens is 382 g/mol. The minimum atomic E-state index is -0.835. The lowest BCUT2D eigenvalue weighted by Crippen LogP contribution is -2.46. The first kappa shape index (κ1) is 17.3. The first-order chi connectivity index (χ1) is 14.1. The first-order valence-corrected chi connectivity index (χ1v) is 10.8. The molecule has 0 amide bonds. The number of fused-ring (bicyclic) bond motifs is 4. The van der Waals surface area contributed by atoms with Crippen molar-refractivity contribution >= 4 is 23.3 Å². The number of rotatable bonds is 2. The SMILES string of the molecule is O=C(O)c1cc2c3c(c1)[C@@H]1C=CC[C@@H]1[C@H](c1ccc(Cl)cc1)N3C[C@@H]1CC=C[C@H]21. The van der Waals surface area contributed by atoms with Gasteiger partial charge >= 0.3 is 5.97 Å². The standard InChI is InChI=1S/C25H22ClNO2/c26-17-9-7-14(8-10-17)23-20-6-2-5-19(20)22-12-16(25(28)29)11-21-18-4-1-3-15(18)13-27(23)24(21)22/h1-2,4-5,7-12,15,18-20,23H,3,6,13H2,(H,28,29)/t15-,18-,19+,20-,23-/m0/s1. The summed E-state index contributed by atoms with van der Waals surface area (Å²) < 4.78 is 0. The maximum absolute atomic E-state index is 11.9. The van der Waals surface area contributed by atoms with Crippen molar-refractivity contribution in [3.63, 3.8) is 0 Å². The molecule has 0 fully saturated rings. The molecule has 0 spiro atoms. The number of carboxylic acids is 1. The normalized spacial score (nSPS) is 30.8. The van der Waals surface area contributed by atoms with Crippen LogP contribution in [0.25, 0.3) is 0 Å². The van der Waals surface area contributed by atoms with Gasteiger partial charge in [-0.15, -0.1) is 0 Å². The van der Waals surface area contributed by atoms with Gasteiger partial charge in [-0.3, -0.25) is 0 Å². The number of hydrogen-bond donors (Lipinski definition) is 1. The molecule has 0 saturated heterocycles. The predicted molar refractivity (Wildman–Crippen MR) is 115 cm³/mol. The molecule has 146 valence electrons. The Bertz CT molecular complexity index is 1050. The zero-order chi connectivity index (χ0) is 19.7. The van der Waals surface area contributed by atoms with Gasteiger partial charge in [0.05, 0.1) is 11.6 Å². The van der Waals surface area contributed by atoms with Crippen LogP contribution in [0.2, 0.25) is 5.02 Å². The minimum Gasteiger partial charge on any atom is -0.478 e. The largest absolute Gasteiger partial charge is 0.478 e. The van der Waals surface area contributed by atoms with Crippen LogP contribution < -0.4 is 4.90 Å². The van der Waals surface area contributed by atoms with E-state index in [1.807, 2.05) is 24.3 Å². The van der Waals surface area contributed by atoms with Crippen molar-refractivity contribution < 1.29 is 9.90 Å². The minimum absolute atomic E-state index is 0.266. The fourth-order valence-corrected chi connectivity index (χ4v) is 6.26.